The molecule has 0 N–H and O–H groups in total. The van der Waals surface area contributed by atoms with Gasteiger partial charge in [0, 0.05) is 61.3 Å². The average molecular weight is 495 g/mol. The average Bonchev–Trinajstić information content (AvgIpc) is 2.91. The summed E-state index contributed by atoms with van der Waals surface area (Å²) >= 11 is 7.52. The maximum absolute atomic E-state index is 13.1. The zero-order valence-electron chi connectivity index (χ0n) is 18.9. The molecule has 0 atom stereocenters. The number of aromatic nitrogens is 3. The van der Waals surface area contributed by atoms with Crippen LogP contribution in [0.5, 0.6) is 0 Å². The zero-order valence-corrected chi connectivity index (χ0v) is 20.5. The van der Waals surface area contributed by atoms with Gasteiger partial charge in [-0.3, -0.25) is 4.79 Å². The fourth-order valence-electron chi connectivity index (χ4n) is 4.47. The molecule has 2 aliphatic heterocycles. The first kappa shape index (κ1) is 22.9. The second-order valence-corrected chi connectivity index (χ2v) is 10.1. The number of anilines is 2. The summed E-state index contributed by atoms with van der Waals surface area (Å²) in [7, 11) is 0. The molecule has 176 valence electrons. The third-order valence-electron chi connectivity index (χ3n) is 6.39. The van der Waals surface area contributed by atoms with E-state index in [9.17, 15) is 4.79 Å². The van der Waals surface area contributed by atoms with E-state index in [2.05, 4.69) is 25.0 Å². The van der Waals surface area contributed by atoms with Crippen molar-refractivity contribution < 1.29 is 4.79 Å². The van der Waals surface area contributed by atoms with E-state index >= 15 is 0 Å². The van der Waals surface area contributed by atoms with Crippen LogP contribution in [-0.4, -0.2) is 65.3 Å². The standard InChI is InChI=1S/C25H27ClN6OS/c26-20-4-6-21(7-5-20)34-24-9-8-23(28-29-24)30-13-10-19(11-14-30)25(33)32-17-15-31(16-18-32)22-3-1-2-12-27-22/h1-9,12,19H,10-11,13-18H2. The summed E-state index contributed by atoms with van der Waals surface area (Å²) in [6.45, 7) is 4.82. The molecule has 0 saturated carbocycles. The number of benzene rings is 1. The van der Waals surface area contributed by atoms with Crippen LogP contribution in [-0.2, 0) is 4.79 Å². The smallest absolute Gasteiger partial charge is 0.225 e. The minimum Gasteiger partial charge on any atom is -0.355 e. The topological polar surface area (TPSA) is 65.5 Å². The Hall–Kier alpha value is -2.84. The van der Waals surface area contributed by atoms with E-state index in [0.29, 0.717) is 5.91 Å². The van der Waals surface area contributed by atoms with Crippen LogP contribution in [0.25, 0.3) is 0 Å². The SMILES string of the molecule is O=C(C1CCN(c2ccc(Sc3ccc(Cl)cc3)nn2)CC1)N1CCN(c2ccccn2)CC1. The molecule has 2 aromatic heterocycles. The van der Waals surface area contributed by atoms with Crippen molar-refractivity contribution in [3.8, 4) is 0 Å². The molecule has 9 heteroatoms. The van der Waals surface area contributed by atoms with Crippen molar-refractivity contribution in [2.24, 2.45) is 5.92 Å². The number of rotatable bonds is 5. The van der Waals surface area contributed by atoms with Gasteiger partial charge in [-0.15, -0.1) is 10.2 Å². The highest BCUT2D eigenvalue weighted by molar-refractivity contribution is 7.99. The lowest BCUT2D eigenvalue weighted by atomic mass is 9.95. The molecule has 0 spiro atoms. The number of pyridine rings is 1. The summed E-state index contributed by atoms with van der Waals surface area (Å²) in [5, 5.41) is 10.4. The Bertz CT molecular complexity index is 1080. The molecule has 2 saturated heterocycles. The van der Waals surface area contributed by atoms with Crippen molar-refractivity contribution >= 4 is 40.9 Å². The molecule has 1 amide bonds. The third kappa shape index (κ3) is 5.45. The van der Waals surface area contributed by atoms with Gasteiger partial charge in [0.1, 0.15) is 10.8 Å². The monoisotopic (exact) mass is 494 g/mol. The molecule has 0 bridgehead atoms. The van der Waals surface area contributed by atoms with E-state index in [1.807, 2.05) is 65.7 Å². The fourth-order valence-corrected chi connectivity index (χ4v) is 5.33. The van der Waals surface area contributed by atoms with Crippen LogP contribution in [0.3, 0.4) is 0 Å². The van der Waals surface area contributed by atoms with Gasteiger partial charge < -0.3 is 14.7 Å². The van der Waals surface area contributed by atoms with E-state index in [1.54, 1.807) is 11.8 Å². The highest BCUT2D eigenvalue weighted by Crippen LogP contribution is 2.29. The van der Waals surface area contributed by atoms with Gasteiger partial charge in [0.2, 0.25) is 5.91 Å². The number of amides is 1. The summed E-state index contributed by atoms with van der Waals surface area (Å²) in [5.41, 5.74) is 0. The number of hydrogen-bond acceptors (Lipinski definition) is 7. The molecule has 3 aromatic rings. The van der Waals surface area contributed by atoms with E-state index in [4.69, 9.17) is 11.6 Å². The third-order valence-corrected chi connectivity index (χ3v) is 7.58. The molecule has 2 aliphatic rings. The van der Waals surface area contributed by atoms with Crippen molar-refractivity contribution in [3.05, 3.63) is 65.8 Å². The molecular weight excluding hydrogens is 468 g/mol. The Kier molecular flexibility index (Phi) is 7.16. The number of piperazine rings is 1. The first-order valence-electron chi connectivity index (χ1n) is 11.6. The summed E-state index contributed by atoms with van der Waals surface area (Å²) in [4.78, 5) is 25.1. The van der Waals surface area contributed by atoms with E-state index in [1.165, 1.54) is 0 Å². The minimum absolute atomic E-state index is 0.0883. The molecule has 2 fully saturated rings. The normalized spacial score (nSPS) is 17.1. The van der Waals surface area contributed by atoms with E-state index in [-0.39, 0.29) is 5.92 Å². The van der Waals surface area contributed by atoms with Gasteiger partial charge in [0.25, 0.3) is 0 Å². The Morgan fingerprint density at radius 1 is 0.824 bits per heavy atom. The van der Waals surface area contributed by atoms with Crippen LogP contribution >= 0.6 is 23.4 Å². The molecule has 7 nitrogen and oxygen atoms in total. The van der Waals surface area contributed by atoms with Crippen molar-refractivity contribution in [1.82, 2.24) is 20.1 Å². The van der Waals surface area contributed by atoms with Crippen molar-refractivity contribution in [2.45, 2.75) is 22.8 Å². The van der Waals surface area contributed by atoms with Crippen molar-refractivity contribution in [2.75, 3.05) is 49.1 Å². The Morgan fingerprint density at radius 2 is 1.56 bits per heavy atom. The molecule has 5 rings (SSSR count). The highest BCUT2D eigenvalue weighted by Gasteiger charge is 2.31. The van der Waals surface area contributed by atoms with Crippen LogP contribution in [0, 0.1) is 5.92 Å². The predicted octanol–water partition coefficient (Wildman–Crippen LogP) is 4.24. The summed E-state index contributed by atoms with van der Waals surface area (Å²) in [6.07, 6.45) is 3.52. The van der Waals surface area contributed by atoms with Crippen LogP contribution in [0.15, 0.2) is 70.7 Å². The van der Waals surface area contributed by atoms with E-state index in [0.717, 1.165) is 78.7 Å². The second-order valence-electron chi connectivity index (χ2n) is 8.55. The highest BCUT2D eigenvalue weighted by atomic mass is 35.5. The van der Waals surface area contributed by atoms with Gasteiger partial charge >= 0.3 is 0 Å². The fraction of sp³-hybridized carbons (Fsp3) is 0.360. The maximum Gasteiger partial charge on any atom is 0.225 e. The number of hydrogen-bond donors (Lipinski definition) is 0. The molecule has 0 aliphatic carbocycles. The predicted molar refractivity (Wildman–Crippen MR) is 136 cm³/mol. The number of nitrogens with zero attached hydrogens (tertiary/aromatic N) is 6. The van der Waals surface area contributed by atoms with Crippen molar-refractivity contribution in [1.29, 1.82) is 0 Å². The van der Waals surface area contributed by atoms with E-state index < -0.39 is 0 Å². The summed E-state index contributed by atoms with van der Waals surface area (Å²) < 4.78 is 0. The summed E-state index contributed by atoms with van der Waals surface area (Å²) in [5.74, 6) is 2.24. The Morgan fingerprint density at radius 3 is 2.21 bits per heavy atom. The Balaban J connectivity index is 1.10. The van der Waals surface area contributed by atoms with Crippen LogP contribution in [0.1, 0.15) is 12.8 Å². The summed E-state index contributed by atoms with van der Waals surface area (Å²) in [6, 6.07) is 17.7. The quantitative estimate of drug-likeness (QED) is 0.525. The first-order chi connectivity index (χ1) is 16.7. The Labute approximate surface area is 209 Å². The van der Waals surface area contributed by atoms with Crippen LogP contribution in [0.2, 0.25) is 5.02 Å². The molecule has 0 radical (unpaired) electrons. The van der Waals surface area contributed by atoms with Gasteiger partial charge in [-0.1, -0.05) is 29.4 Å². The molecule has 4 heterocycles. The van der Waals surface area contributed by atoms with Gasteiger partial charge in [-0.05, 0) is 61.4 Å². The maximum atomic E-state index is 13.1. The van der Waals surface area contributed by atoms with Gasteiger partial charge in [0.15, 0.2) is 5.82 Å². The lowest BCUT2D eigenvalue weighted by Crippen LogP contribution is -2.52. The lowest BCUT2D eigenvalue weighted by Gasteiger charge is -2.39. The lowest BCUT2D eigenvalue weighted by molar-refractivity contribution is -0.136. The number of carbonyl (C=O) groups excluding carboxylic acids is 1. The largest absolute Gasteiger partial charge is 0.355 e. The minimum atomic E-state index is 0.0883. The molecule has 34 heavy (non-hydrogen) atoms. The first-order valence-corrected chi connectivity index (χ1v) is 12.8. The molecule has 0 unspecified atom stereocenters. The number of carbonyl (C=O) groups is 1. The number of halogens is 1. The second kappa shape index (κ2) is 10.6. The van der Waals surface area contributed by atoms with Gasteiger partial charge in [-0.25, -0.2) is 4.98 Å². The molecular formula is C25H27ClN6OS. The molecule has 1 aromatic carbocycles. The van der Waals surface area contributed by atoms with Crippen LogP contribution in [0.4, 0.5) is 11.6 Å². The van der Waals surface area contributed by atoms with Crippen LogP contribution < -0.4 is 9.80 Å². The van der Waals surface area contributed by atoms with Gasteiger partial charge in [-0.2, -0.15) is 0 Å². The van der Waals surface area contributed by atoms with Gasteiger partial charge in [0.05, 0.1) is 0 Å². The zero-order chi connectivity index (χ0) is 23.3. The van der Waals surface area contributed by atoms with Crippen molar-refractivity contribution in [3.63, 3.8) is 0 Å². The number of piperidine rings is 1.